The van der Waals surface area contributed by atoms with Crippen molar-refractivity contribution < 1.29 is 28.6 Å². The van der Waals surface area contributed by atoms with Crippen LogP contribution in [0.2, 0.25) is 0 Å². The highest BCUT2D eigenvalue weighted by molar-refractivity contribution is 5.89. The quantitative estimate of drug-likeness (QED) is 0.101. The van der Waals surface area contributed by atoms with Gasteiger partial charge in [-0.1, -0.05) is 55.3 Å². The summed E-state index contributed by atoms with van der Waals surface area (Å²) in [6, 6.07) is 26.2. The normalized spacial score (nSPS) is 9.49. The number of hydrogen-bond acceptors (Lipinski definition) is 6. The highest BCUT2D eigenvalue weighted by atomic mass is 16.5. The maximum atomic E-state index is 12.3. The van der Waals surface area contributed by atoms with Crippen molar-refractivity contribution in [2.45, 2.75) is 13.8 Å². The van der Waals surface area contributed by atoms with E-state index in [2.05, 4.69) is 55.3 Å². The third-order valence-corrected chi connectivity index (χ3v) is 6.11. The van der Waals surface area contributed by atoms with Crippen LogP contribution in [0.5, 0.6) is 17.2 Å². The number of esters is 3. The van der Waals surface area contributed by atoms with Gasteiger partial charge in [-0.25, -0.2) is 14.4 Å². The molecule has 0 spiro atoms. The average Bonchev–Trinajstić information content (AvgIpc) is 3.07. The number of carbonyl (C=O) groups excluding carboxylic acids is 3. The molecular weight excluding hydrogens is 588 g/mol. The lowest BCUT2D eigenvalue weighted by atomic mass is 10.1. The third-order valence-electron chi connectivity index (χ3n) is 6.11. The summed E-state index contributed by atoms with van der Waals surface area (Å²) < 4.78 is 15.8. The fraction of sp³-hybridized carbons (Fsp3) is 0.0488. The lowest BCUT2D eigenvalue weighted by Crippen LogP contribution is -2.09. The molecule has 0 saturated carbocycles. The van der Waals surface area contributed by atoms with Gasteiger partial charge < -0.3 is 14.2 Å². The molecular formula is C41H28O6. The second-order valence-corrected chi connectivity index (χ2v) is 10.1. The zero-order valence-corrected chi connectivity index (χ0v) is 25.8. The number of ether oxygens (including phenoxy) is 3. The van der Waals surface area contributed by atoms with E-state index in [1.807, 2.05) is 24.3 Å². The summed E-state index contributed by atoms with van der Waals surface area (Å²) >= 11 is 0. The SMILES string of the molecule is C=CC(=O)Oc1ccc(C#Cc2ccc(C#Cc3ccc(C#Cc4ccc(OC(=O)C(=C)C)cc4)cc3)cc2OC(=O)C(=C)C)cc1. The van der Waals surface area contributed by atoms with Crippen LogP contribution in [0.25, 0.3) is 0 Å². The first-order valence-corrected chi connectivity index (χ1v) is 14.2. The van der Waals surface area contributed by atoms with Crippen LogP contribution in [-0.2, 0) is 14.4 Å². The molecule has 0 amide bonds. The Balaban J connectivity index is 1.48. The van der Waals surface area contributed by atoms with Crippen molar-refractivity contribution in [1.82, 2.24) is 0 Å². The van der Waals surface area contributed by atoms with E-state index in [9.17, 15) is 14.4 Å². The Morgan fingerprint density at radius 2 is 0.915 bits per heavy atom. The van der Waals surface area contributed by atoms with Crippen LogP contribution >= 0.6 is 0 Å². The molecule has 0 saturated heterocycles. The molecule has 0 bridgehead atoms. The summed E-state index contributed by atoms with van der Waals surface area (Å²) in [4.78, 5) is 35.4. The summed E-state index contributed by atoms with van der Waals surface area (Å²) in [6.07, 6.45) is 1.08. The number of carbonyl (C=O) groups is 3. The fourth-order valence-electron chi connectivity index (χ4n) is 3.60. The lowest BCUT2D eigenvalue weighted by Gasteiger charge is -2.07. The van der Waals surface area contributed by atoms with Gasteiger partial charge in [0.15, 0.2) is 0 Å². The minimum atomic E-state index is -0.578. The first kappa shape index (κ1) is 33.1. The van der Waals surface area contributed by atoms with Gasteiger partial charge in [0, 0.05) is 45.0 Å². The summed E-state index contributed by atoms with van der Waals surface area (Å²) in [6.45, 7) is 13.8. The van der Waals surface area contributed by atoms with E-state index >= 15 is 0 Å². The van der Waals surface area contributed by atoms with Crippen LogP contribution in [0.1, 0.15) is 47.2 Å². The first-order chi connectivity index (χ1) is 22.6. The van der Waals surface area contributed by atoms with Crippen LogP contribution in [0.4, 0.5) is 0 Å². The smallest absolute Gasteiger partial charge is 0.338 e. The summed E-state index contributed by atoms with van der Waals surface area (Å²) in [7, 11) is 0. The van der Waals surface area contributed by atoms with Crippen LogP contribution in [0.3, 0.4) is 0 Å². The molecule has 4 aromatic rings. The fourth-order valence-corrected chi connectivity index (χ4v) is 3.60. The molecule has 0 radical (unpaired) electrons. The molecule has 4 aromatic carbocycles. The molecule has 6 heteroatoms. The van der Waals surface area contributed by atoms with Crippen molar-refractivity contribution in [3.05, 3.63) is 161 Å². The van der Waals surface area contributed by atoms with Crippen molar-refractivity contribution >= 4 is 17.9 Å². The Morgan fingerprint density at radius 3 is 1.38 bits per heavy atom. The Hall–Kier alpha value is -6.81. The van der Waals surface area contributed by atoms with E-state index < -0.39 is 17.9 Å². The molecule has 0 atom stereocenters. The maximum absolute atomic E-state index is 12.3. The molecule has 0 unspecified atom stereocenters. The van der Waals surface area contributed by atoms with Gasteiger partial charge in [-0.15, -0.1) is 0 Å². The van der Waals surface area contributed by atoms with Crippen molar-refractivity contribution in [3.8, 4) is 52.8 Å². The molecule has 0 N–H and O–H groups in total. The molecule has 0 aromatic heterocycles. The second-order valence-electron chi connectivity index (χ2n) is 10.1. The summed E-state index contributed by atoms with van der Waals surface area (Å²) in [5.41, 5.74) is 4.68. The van der Waals surface area contributed by atoms with Gasteiger partial charge in [0.25, 0.3) is 0 Å². The zero-order chi connectivity index (χ0) is 33.8. The van der Waals surface area contributed by atoms with Crippen molar-refractivity contribution in [2.24, 2.45) is 0 Å². The van der Waals surface area contributed by atoms with Crippen molar-refractivity contribution in [1.29, 1.82) is 0 Å². The number of hydrogen-bond donors (Lipinski definition) is 0. The van der Waals surface area contributed by atoms with Crippen LogP contribution in [-0.4, -0.2) is 17.9 Å². The van der Waals surface area contributed by atoms with Crippen LogP contribution in [0, 0.1) is 35.5 Å². The largest absolute Gasteiger partial charge is 0.423 e. The van der Waals surface area contributed by atoms with E-state index in [1.54, 1.807) is 80.6 Å². The Morgan fingerprint density at radius 1 is 0.532 bits per heavy atom. The highest BCUT2D eigenvalue weighted by Crippen LogP contribution is 2.21. The molecule has 0 aliphatic heterocycles. The molecule has 0 aliphatic rings. The zero-order valence-electron chi connectivity index (χ0n) is 25.8. The van der Waals surface area contributed by atoms with Crippen molar-refractivity contribution in [2.75, 3.05) is 0 Å². The topological polar surface area (TPSA) is 78.9 Å². The van der Waals surface area contributed by atoms with Crippen LogP contribution < -0.4 is 14.2 Å². The Bertz CT molecular complexity index is 2060. The van der Waals surface area contributed by atoms with Crippen molar-refractivity contribution in [3.63, 3.8) is 0 Å². The molecule has 228 valence electrons. The van der Waals surface area contributed by atoms with Gasteiger partial charge in [0.1, 0.15) is 17.2 Å². The van der Waals surface area contributed by atoms with E-state index in [-0.39, 0.29) is 11.3 Å². The van der Waals surface area contributed by atoms with E-state index in [0.717, 1.165) is 22.8 Å². The Labute approximate surface area is 274 Å². The molecule has 0 fully saturated rings. The maximum Gasteiger partial charge on any atom is 0.338 e. The third kappa shape index (κ3) is 10.1. The second kappa shape index (κ2) is 15.8. The first-order valence-electron chi connectivity index (χ1n) is 14.2. The van der Waals surface area contributed by atoms with Gasteiger partial charge in [-0.05, 0) is 105 Å². The number of benzene rings is 4. The van der Waals surface area contributed by atoms with Gasteiger partial charge in [-0.3, -0.25) is 0 Å². The summed E-state index contributed by atoms with van der Waals surface area (Å²) in [5, 5.41) is 0. The molecule has 4 rings (SSSR count). The minimum absolute atomic E-state index is 0.245. The minimum Gasteiger partial charge on any atom is -0.423 e. The predicted molar refractivity (Wildman–Crippen MR) is 180 cm³/mol. The van der Waals surface area contributed by atoms with E-state index in [0.29, 0.717) is 33.8 Å². The van der Waals surface area contributed by atoms with Gasteiger partial charge in [-0.2, -0.15) is 0 Å². The predicted octanol–water partition coefficient (Wildman–Crippen LogP) is 6.94. The summed E-state index contributed by atoms with van der Waals surface area (Å²) in [5.74, 6) is 17.9. The van der Waals surface area contributed by atoms with Crippen LogP contribution in [0.15, 0.2) is 128 Å². The van der Waals surface area contributed by atoms with E-state index in [4.69, 9.17) is 14.2 Å². The van der Waals surface area contributed by atoms with E-state index in [1.165, 1.54) is 0 Å². The van der Waals surface area contributed by atoms with Gasteiger partial charge >= 0.3 is 17.9 Å². The highest BCUT2D eigenvalue weighted by Gasteiger charge is 2.10. The molecule has 6 nitrogen and oxygen atoms in total. The van der Waals surface area contributed by atoms with Gasteiger partial charge in [0.05, 0.1) is 5.56 Å². The molecule has 47 heavy (non-hydrogen) atoms. The van der Waals surface area contributed by atoms with Gasteiger partial charge in [0.2, 0.25) is 0 Å². The molecule has 0 heterocycles. The Kier molecular flexibility index (Phi) is 11.1. The monoisotopic (exact) mass is 616 g/mol. The number of rotatable bonds is 6. The lowest BCUT2D eigenvalue weighted by molar-refractivity contribution is -0.130. The molecule has 0 aliphatic carbocycles. The standard InChI is InChI=1S/C41H28O6/c1-6-39(42)45-36-23-17-33(18-24-36)15-21-35-22-16-34(27-38(35)47-41(44)29(4)5)14-13-31-9-7-30(8-10-31)11-12-32-19-25-37(26-20-32)46-40(43)28(2)3/h6-10,16-20,22-27H,1-2,4H2,3,5H3. The average molecular weight is 617 g/mol.